The highest BCUT2D eigenvalue weighted by Gasteiger charge is 2.23. The van der Waals surface area contributed by atoms with Gasteiger partial charge in [-0.15, -0.1) is 0 Å². The summed E-state index contributed by atoms with van der Waals surface area (Å²) in [7, 11) is 0. The maximum absolute atomic E-state index is 6.43. The average Bonchev–Trinajstić information content (AvgIpc) is 3.87. The predicted octanol–water partition coefficient (Wildman–Crippen LogP) is 15.5. The second-order valence-electron chi connectivity index (χ2n) is 16.8. The number of fused-ring (bicyclic) bond motifs is 9. The number of aromatic nitrogens is 2. The minimum Gasteiger partial charge on any atom is -0.456 e. The van der Waals surface area contributed by atoms with Gasteiger partial charge in [0.1, 0.15) is 11.2 Å². The second kappa shape index (κ2) is 13.6. The summed E-state index contributed by atoms with van der Waals surface area (Å²) in [5, 5.41) is 7.31. The molecule has 0 aliphatic heterocycles. The molecule has 0 spiro atoms. The summed E-state index contributed by atoms with van der Waals surface area (Å²) in [6, 6.07) is 55.7. The van der Waals surface area contributed by atoms with Crippen LogP contribution in [-0.4, -0.2) is 9.13 Å². The number of furan rings is 1. The van der Waals surface area contributed by atoms with E-state index in [1.807, 2.05) is 0 Å². The van der Waals surface area contributed by atoms with Gasteiger partial charge < -0.3 is 13.6 Å². The normalized spacial score (nSPS) is 12.9. The SMILES string of the molecule is CCCCCC(C)(C)CC(C)c1cccc(-n2c3ccccc3c3cc(-c4ccc5oc6ccc(-n7c8ccccc8c8ccccc87)cc6c5c4)ccc32)c1. The summed E-state index contributed by atoms with van der Waals surface area (Å²) in [5.41, 5.74) is 13.1. The van der Waals surface area contributed by atoms with Gasteiger partial charge in [-0.25, -0.2) is 0 Å². The van der Waals surface area contributed by atoms with Crippen LogP contribution >= 0.6 is 0 Å². The molecule has 0 saturated heterocycles. The summed E-state index contributed by atoms with van der Waals surface area (Å²) in [5.74, 6) is 0.484. The van der Waals surface area contributed by atoms with Gasteiger partial charge in [-0.1, -0.05) is 126 Å². The lowest BCUT2D eigenvalue weighted by Gasteiger charge is -2.28. The zero-order valence-electron chi connectivity index (χ0n) is 32.8. The van der Waals surface area contributed by atoms with Crippen LogP contribution in [0, 0.1) is 5.41 Å². The van der Waals surface area contributed by atoms with Gasteiger partial charge in [0, 0.05) is 43.7 Å². The quantitative estimate of drug-likeness (QED) is 0.129. The molecule has 0 fully saturated rings. The third-order valence-electron chi connectivity index (χ3n) is 12.3. The van der Waals surface area contributed by atoms with Crippen molar-refractivity contribution in [3.63, 3.8) is 0 Å². The van der Waals surface area contributed by atoms with Crippen LogP contribution in [-0.2, 0) is 0 Å². The van der Waals surface area contributed by atoms with Crippen molar-refractivity contribution in [2.24, 2.45) is 5.41 Å². The van der Waals surface area contributed by atoms with E-state index in [1.54, 1.807) is 0 Å². The molecule has 3 heterocycles. The van der Waals surface area contributed by atoms with E-state index < -0.39 is 0 Å². The number of benzene rings is 7. The first-order chi connectivity index (χ1) is 27.4. The van der Waals surface area contributed by atoms with Gasteiger partial charge in [-0.05, 0) is 114 Å². The highest BCUT2D eigenvalue weighted by Crippen LogP contribution is 2.40. The summed E-state index contributed by atoms with van der Waals surface area (Å²) >= 11 is 0. The van der Waals surface area contributed by atoms with Crippen molar-refractivity contribution in [1.29, 1.82) is 0 Å². The van der Waals surface area contributed by atoms with E-state index in [2.05, 4.69) is 188 Å². The third-order valence-corrected chi connectivity index (χ3v) is 12.3. The Hall–Kier alpha value is -6.06. The molecule has 3 nitrogen and oxygen atoms in total. The van der Waals surface area contributed by atoms with E-state index in [9.17, 15) is 0 Å². The lowest BCUT2D eigenvalue weighted by Crippen LogP contribution is -2.15. The highest BCUT2D eigenvalue weighted by atomic mass is 16.3. The van der Waals surface area contributed by atoms with Crippen molar-refractivity contribution in [2.75, 3.05) is 0 Å². The first-order valence-corrected chi connectivity index (χ1v) is 20.5. The number of unbranched alkanes of at least 4 members (excludes halogenated alkanes) is 2. The molecule has 3 aromatic heterocycles. The Labute approximate surface area is 328 Å². The first kappa shape index (κ1) is 34.4. The Morgan fingerprint density at radius 1 is 0.500 bits per heavy atom. The van der Waals surface area contributed by atoms with Crippen LogP contribution in [0.2, 0.25) is 0 Å². The molecule has 10 aromatic rings. The van der Waals surface area contributed by atoms with E-state index in [4.69, 9.17) is 4.42 Å². The standard InChI is InChI=1S/C53H48N2O/c1-5-6-13-29-53(3,4)34-35(2)36-15-14-16-39(30-36)54-49-22-12-9-19-43(49)44-31-37(23-26-50(44)54)38-24-27-51-45(32-38)46-33-40(25-28-52(46)56-51)55-47-20-10-7-17-41(47)42-18-8-11-21-48(42)55/h7-12,14-28,30-33,35H,5-6,13,29,34H2,1-4H3. The van der Waals surface area contributed by atoms with Gasteiger partial charge in [0.2, 0.25) is 0 Å². The number of hydrogen-bond donors (Lipinski definition) is 0. The van der Waals surface area contributed by atoms with Gasteiger partial charge in [-0.3, -0.25) is 0 Å². The van der Waals surface area contributed by atoms with E-state index in [1.165, 1.54) is 98.1 Å². The third kappa shape index (κ3) is 5.80. The van der Waals surface area contributed by atoms with Crippen molar-refractivity contribution in [3.8, 4) is 22.5 Å². The van der Waals surface area contributed by atoms with Crippen molar-refractivity contribution < 1.29 is 4.42 Å². The number of nitrogens with zero attached hydrogens (tertiary/aromatic N) is 2. The lowest BCUT2D eigenvalue weighted by molar-refractivity contribution is 0.276. The largest absolute Gasteiger partial charge is 0.456 e. The molecule has 0 N–H and O–H groups in total. The van der Waals surface area contributed by atoms with Crippen LogP contribution in [0.25, 0.3) is 88.1 Å². The Bertz CT molecular complexity index is 3020. The lowest BCUT2D eigenvalue weighted by atomic mass is 9.77. The van der Waals surface area contributed by atoms with Gasteiger partial charge in [0.25, 0.3) is 0 Å². The molecular formula is C53H48N2O. The van der Waals surface area contributed by atoms with Crippen LogP contribution < -0.4 is 0 Å². The molecule has 0 aliphatic rings. The van der Waals surface area contributed by atoms with Crippen LogP contribution in [0.3, 0.4) is 0 Å². The van der Waals surface area contributed by atoms with Crippen LogP contribution in [0.4, 0.5) is 0 Å². The van der Waals surface area contributed by atoms with Gasteiger partial charge in [-0.2, -0.15) is 0 Å². The zero-order valence-corrected chi connectivity index (χ0v) is 32.8. The molecule has 0 saturated carbocycles. The van der Waals surface area contributed by atoms with E-state index in [0.717, 1.165) is 27.6 Å². The molecule has 1 atom stereocenters. The molecule has 276 valence electrons. The first-order valence-electron chi connectivity index (χ1n) is 20.5. The second-order valence-corrected chi connectivity index (χ2v) is 16.8. The fourth-order valence-corrected chi connectivity index (χ4v) is 9.59. The van der Waals surface area contributed by atoms with Crippen molar-refractivity contribution in [3.05, 3.63) is 157 Å². The molecule has 3 heteroatoms. The topological polar surface area (TPSA) is 23.0 Å². The number of para-hydroxylation sites is 3. The van der Waals surface area contributed by atoms with Crippen molar-refractivity contribution >= 4 is 65.6 Å². The summed E-state index contributed by atoms with van der Waals surface area (Å²) < 4.78 is 11.3. The maximum Gasteiger partial charge on any atom is 0.135 e. The molecule has 0 aliphatic carbocycles. The molecule has 10 rings (SSSR count). The number of hydrogen-bond acceptors (Lipinski definition) is 1. The Morgan fingerprint density at radius 2 is 1.04 bits per heavy atom. The minimum atomic E-state index is 0.328. The smallest absolute Gasteiger partial charge is 0.135 e. The molecule has 0 amide bonds. The zero-order chi connectivity index (χ0) is 38.0. The van der Waals surface area contributed by atoms with Crippen LogP contribution in [0.1, 0.15) is 71.3 Å². The molecule has 0 radical (unpaired) electrons. The Kier molecular flexibility index (Phi) is 8.36. The fraction of sp³-hybridized carbons (Fsp3) is 0.208. The van der Waals surface area contributed by atoms with Gasteiger partial charge >= 0.3 is 0 Å². The average molecular weight is 729 g/mol. The fourth-order valence-electron chi connectivity index (χ4n) is 9.59. The molecule has 7 aromatic carbocycles. The minimum absolute atomic E-state index is 0.328. The molecular weight excluding hydrogens is 681 g/mol. The van der Waals surface area contributed by atoms with Crippen LogP contribution in [0.5, 0.6) is 0 Å². The maximum atomic E-state index is 6.43. The summed E-state index contributed by atoms with van der Waals surface area (Å²) in [4.78, 5) is 0. The Morgan fingerprint density at radius 3 is 1.70 bits per heavy atom. The van der Waals surface area contributed by atoms with Crippen molar-refractivity contribution in [1.82, 2.24) is 9.13 Å². The molecule has 1 unspecified atom stereocenters. The highest BCUT2D eigenvalue weighted by molar-refractivity contribution is 6.12. The van der Waals surface area contributed by atoms with E-state index >= 15 is 0 Å². The van der Waals surface area contributed by atoms with Gasteiger partial charge in [0.15, 0.2) is 0 Å². The van der Waals surface area contributed by atoms with Gasteiger partial charge in [0.05, 0.1) is 22.1 Å². The Balaban J connectivity index is 1.05. The van der Waals surface area contributed by atoms with Crippen LogP contribution in [0.15, 0.2) is 156 Å². The monoisotopic (exact) mass is 728 g/mol. The molecule has 0 bridgehead atoms. The van der Waals surface area contributed by atoms with Crippen molar-refractivity contribution in [2.45, 2.75) is 65.7 Å². The number of rotatable bonds is 10. The molecule has 56 heavy (non-hydrogen) atoms. The predicted molar refractivity (Wildman–Crippen MR) is 239 cm³/mol. The summed E-state index contributed by atoms with van der Waals surface area (Å²) in [6.45, 7) is 9.60. The van der Waals surface area contributed by atoms with E-state index in [-0.39, 0.29) is 0 Å². The van der Waals surface area contributed by atoms with E-state index in [0.29, 0.717) is 11.3 Å². The summed E-state index contributed by atoms with van der Waals surface area (Å²) in [6.07, 6.45) is 6.39.